The molecule has 2 heterocycles. The van der Waals surface area contributed by atoms with E-state index in [0.717, 1.165) is 31.5 Å². The monoisotopic (exact) mass is 373 g/mol. The Balaban J connectivity index is 1.50. The van der Waals surface area contributed by atoms with Crippen molar-refractivity contribution in [2.75, 3.05) is 18.4 Å². The van der Waals surface area contributed by atoms with Crippen molar-refractivity contribution in [1.29, 1.82) is 0 Å². The van der Waals surface area contributed by atoms with Gasteiger partial charge >= 0.3 is 5.97 Å². The molecule has 0 saturated carbocycles. The van der Waals surface area contributed by atoms with Crippen LogP contribution >= 0.6 is 11.6 Å². The number of aromatic carboxylic acids is 1. The lowest BCUT2D eigenvalue weighted by Crippen LogP contribution is -2.37. The van der Waals surface area contributed by atoms with Gasteiger partial charge in [0.15, 0.2) is 0 Å². The first-order chi connectivity index (χ1) is 12.5. The first kappa shape index (κ1) is 18.4. The number of hydrogen-bond acceptors (Lipinski definition) is 4. The molecule has 0 atom stereocenters. The maximum absolute atomic E-state index is 12.4. The Hall–Kier alpha value is -2.44. The van der Waals surface area contributed by atoms with E-state index in [4.69, 9.17) is 16.7 Å². The minimum Gasteiger partial charge on any atom is -0.478 e. The fourth-order valence-electron chi connectivity index (χ4n) is 3.09. The van der Waals surface area contributed by atoms with Crippen LogP contribution in [0.15, 0.2) is 42.6 Å². The summed E-state index contributed by atoms with van der Waals surface area (Å²) >= 11 is 5.79. The van der Waals surface area contributed by atoms with Gasteiger partial charge in [0.05, 0.1) is 10.6 Å². The minimum atomic E-state index is -0.918. The SMILES string of the molecule is O=C(O)c1cccc(CN2CCC(C(=O)Nc3ccc(Cl)cn3)CC2)c1. The lowest BCUT2D eigenvalue weighted by Gasteiger charge is -2.31. The zero-order valence-electron chi connectivity index (χ0n) is 14.2. The molecule has 0 bridgehead atoms. The number of amides is 1. The second-order valence-electron chi connectivity index (χ2n) is 6.41. The number of hydrogen-bond donors (Lipinski definition) is 2. The second kappa shape index (κ2) is 8.29. The third-order valence-electron chi connectivity index (χ3n) is 4.52. The molecule has 0 radical (unpaired) electrons. The molecule has 2 N–H and O–H groups in total. The van der Waals surface area contributed by atoms with Gasteiger partial charge in [0.2, 0.25) is 5.91 Å². The number of halogens is 1. The van der Waals surface area contributed by atoms with E-state index in [1.807, 2.05) is 6.07 Å². The van der Waals surface area contributed by atoms with Crippen LogP contribution < -0.4 is 5.32 Å². The van der Waals surface area contributed by atoms with Gasteiger partial charge < -0.3 is 10.4 Å². The molecule has 7 heteroatoms. The molecule has 0 spiro atoms. The summed E-state index contributed by atoms with van der Waals surface area (Å²) < 4.78 is 0. The number of carbonyl (C=O) groups excluding carboxylic acids is 1. The van der Waals surface area contributed by atoms with E-state index in [-0.39, 0.29) is 11.8 Å². The van der Waals surface area contributed by atoms with Crippen molar-refractivity contribution in [3.8, 4) is 0 Å². The van der Waals surface area contributed by atoms with E-state index in [0.29, 0.717) is 22.9 Å². The number of nitrogens with zero attached hydrogens (tertiary/aromatic N) is 2. The van der Waals surface area contributed by atoms with Crippen LogP contribution in [0.3, 0.4) is 0 Å². The molecule has 0 aliphatic carbocycles. The summed E-state index contributed by atoms with van der Waals surface area (Å²) in [6, 6.07) is 10.4. The van der Waals surface area contributed by atoms with Crippen LogP contribution in [0.1, 0.15) is 28.8 Å². The Morgan fingerprint density at radius 3 is 2.65 bits per heavy atom. The van der Waals surface area contributed by atoms with Gasteiger partial charge in [0.25, 0.3) is 0 Å². The Morgan fingerprint density at radius 1 is 1.23 bits per heavy atom. The van der Waals surface area contributed by atoms with E-state index in [1.54, 1.807) is 30.3 Å². The number of aromatic nitrogens is 1. The molecule has 136 valence electrons. The molecule has 1 fully saturated rings. The van der Waals surface area contributed by atoms with Gasteiger partial charge in [-0.25, -0.2) is 9.78 Å². The van der Waals surface area contributed by atoms with Crippen LogP contribution in [0, 0.1) is 5.92 Å². The summed E-state index contributed by atoms with van der Waals surface area (Å²) in [4.78, 5) is 29.8. The van der Waals surface area contributed by atoms with Crippen LogP contribution in [-0.2, 0) is 11.3 Å². The number of pyridine rings is 1. The third-order valence-corrected chi connectivity index (χ3v) is 4.74. The molecule has 0 unspecified atom stereocenters. The number of carbonyl (C=O) groups is 2. The number of carboxylic acid groups (broad SMARTS) is 1. The molecule has 1 aliphatic rings. The van der Waals surface area contributed by atoms with Gasteiger partial charge in [-0.1, -0.05) is 23.7 Å². The van der Waals surface area contributed by atoms with Gasteiger partial charge in [0.1, 0.15) is 5.82 Å². The molecule has 1 aromatic heterocycles. The Morgan fingerprint density at radius 2 is 2.00 bits per heavy atom. The van der Waals surface area contributed by atoms with Crippen molar-refractivity contribution in [3.05, 3.63) is 58.7 Å². The maximum Gasteiger partial charge on any atom is 0.335 e. The highest BCUT2D eigenvalue weighted by molar-refractivity contribution is 6.30. The van der Waals surface area contributed by atoms with E-state index in [9.17, 15) is 9.59 Å². The first-order valence-electron chi connectivity index (χ1n) is 8.48. The Kier molecular flexibility index (Phi) is 5.85. The Bertz CT molecular complexity index is 787. The van der Waals surface area contributed by atoms with Crippen LogP contribution in [0.2, 0.25) is 5.02 Å². The molecule has 2 aromatic rings. The highest BCUT2D eigenvalue weighted by Crippen LogP contribution is 2.21. The highest BCUT2D eigenvalue weighted by Gasteiger charge is 2.25. The van der Waals surface area contributed by atoms with Crippen molar-refractivity contribution >= 4 is 29.3 Å². The number of anilines is 1. The largest absolute Gasteiger partial charge is 0.478 e. The Labute approximate surface area is 156 Å². The quantitative estimate of drug-likeness (QED) is 0.840. The summed E-state index contributed by atoms with van der Waals surface area (Å²) in [6.45, 7) is 2.28. The second-order valence-corrected chi connectivity index (χ2v) is 6.84. The lowest BCUT2D eigenvalue weighted by molar-refractivity contribution is -0.121. The molecule has 1 amide bonds. The zero-order chi connectivity index (χ0) is 18.5. The van der Waals surface area contributed by atoms with Gasteiger partial charge in [-0.3, -0.25) is 9.69 Å². The molecule has 3 rings (SSSR count). The van der Waals surface area contributed by atoms with E-state index >= 15 is 0 Å². The van der Waals surface area contributed by atoms with Crippen molar-refractivity contribution < 1.29 is 14.7 Å². The molecule has 6 nitrogen and oxygen atoms in total. The van der Waals surface area contributed by atoms with Gasteiger partial charge in [-0.2, -0.15) is 0 Å². The van der Waals surface area contributed by atoms with Gasteiger partial charge in [-0.15, -0.1) is 0 Å². The zero-order valence-corrected chi connectivity index (χ0v) is 14.9. The number of piperidine rings is 1. The van der Waals surface area contributed by atoms with Gasteiger partial charge in [-0.05, 0) is 55.8 Å². The predicted molar refractivity (Wildman–Crippen MR) is 99.3 cm³/mol. The van der Waals surface area contributed by atoms with Crippen LogP contribution in [0.4, 0.5) is 5.82 Å². The van der Waals surface area contributed by atoms with Crippen molar-refractivity contribution in [1.82, 2.24) is 9.88 Å². The summed E-state index contributed by atoms with van der Waals surface area (Å²) in [5.74, 6) is -0.480. The summed E-state index contributed by atoms with van der Waals surface area (Å²) in [6.07, 6.45) is 3.03. The smallest absolute Gasteiger partial charge is 0.335 e. The highest BCUT2D eigenvalue weighted by atomic mass is 35.5. The molecular weight excluding hydrogens is 354 g/mol. The number of likely N-dealkylation sites (tertiary alicyclic amines) is 1. The van der Waals surface area contributed by atoms with E-state index in [1.165, 1.54) is 6.20 Å². The third kappa shape index (κ3) is 4.80. The van der Waals surface area contributed by atoms with E-state index in [2.05, 4.69) is 15.2 Å². The summed E-state index contributed by atoms with van der Waals surface area (Å²) in [5, 5.41) is 12.4. The van der Waals surface area contributed by atoms with Crippen molar-refractivity contribution in [3.63, 3.8) is 0 Å². The first-order valence-corrected chi connectivity index (χ1v) is 8.86. The normalized spacial score (nSPS) is 15.6. The fraction of sp³-hybridized carbons (Fsp3) is 0.316. The molecular formula is C19H20ClN3O3. The standard InChI is InChI=1S/C19H20ClN3O3/c20-16-4-5-17(21-11-16)22-18(24)14-6-8-23(9-7-14)12-13-2-1-3-15(10-13)19(25)26/h1-5,10-11,14H,6-9,12H2,(H,25,26)(H,21,22,24). The van der Waals surface area contributed by atoms with E-state index < -0.39 is 5.97 Å². The molecule has 1 aromatic carbocycles. The number of nitrogens with one attached hydrogen (secondary N) is 1. The predicted octanol–water partition coefficient (Wildman–Crippen LogP) is 3.28. The van der Waals surface area contributed by atoms with Crippen LogP contribution in [0.25, 0.3) is 0 Å². The van der Waals surface area contributed by atoms with Crippen LogP contribution in [-0.4, -0.2) is 40.0 Å². The topological polar surface area (TPSA) is 82.5 Å². The number of benzene rings is 1. The minimum absolute atomic E-state index is 0.0210. The van der Waals surface area contributed by atoms with Crippen molar-refractivity contribution in [2.24, 2.45) is 5.92 Å². The average Bonchev–Trinajstić information content (AvgIpc) is 2.64. The van der Waals surface area contributed by atoms with Gasteiger partial charge in [0, 0.05) is 18.7 Å². The van der Waals surface area contributed by atoms with Crippen LogP contribution in [0.5, 0.6) is 0 Å². The van der Waals surface area contributed by atoms with Crippen molar-refractivity contribution in [2.45, 2.75) is 19.4 Å². The fourth-order valence-corrected chi connectivity index (χ4v) is 3.20. The number of carboxylic acids is 1. The average molecular weight is 374 g/mol. The summed E-state index contributed by atoms with van der Waals surface area (Å²) in [7, 11) is 0. The molecule has 1 aliphatic heterocycles. The lowest BCUT2D eigenvalue weighted by atomic mass is 9.95. The molecule has 1 saturated heterocycles. The summed E-state index contributed by atoms with van der Waals surface area (Å²) in [5.41, 5.74) is 1.27. The molecule has 26 heavy (non-hydrogen) atoms. The maximum atomic E-state index is 12.4. The number of rotatable bonds is 5.